The predicted molar refractivity (Wildman–Crippen MR) is 80.0 cm³/mol. The molecule has 116 valence electrons. The highest BCUT2D eigenvalue weighted by molar-refractivity contribution is 5.94. The molecule has 22 heavy (non-hydrogen) atoms. The van der Waals surface area contributed by atoms with Gasteiger partial charge in [-0.05, 0) is 38.0 Å². The summed E-state index contributed by atoms with van der Waals surface area (Å²) in [5, 5.41) is 12.0. The molecule has 2 rings (SSSR count). The van der Waals surface area contributed by atoms with E-state index in [1.54, 1.807) is 31.3 Å². The molecule has 0 saturated carbocycles. The average Bonchev–Trinajstić information content (AvgIpc) is 2.49. The lowest BCUT2D eigenvalue weighted by Crippen LogP contribution is -2.34. The molecule has 0 saturated heterocycles. The summed E-state index contributed by atoms with van der Waals surface area (Å²) in [7, 11) is 1.51. The van der Waals surface area contributed by atoms with Crippen molar-refractivity contribution in [2.75, 3.05) is 7.11 Å². The largest absolute Gasteiger partial charge is 0.497 e. The molecule has 0 aromatic carbocycles. The summed E-state index contributed by atoms with van der Waals surface area (Å²) in [6, 6.07) is 3.38. The van der Waals surface area contributed by atoms with E-state index in [-0.39, 0.29) is 12.1 Å². The van der Waals surface area contributed by atoms with Crippen LogP contribution >= 0.6 is 0 Å². The molecule has 1 amide bonds. The Morgan fingerprint density at radius 2 is 2.09 bits per heavy atom. The second-order valence-corrected chi connectivity index (χ2v) is 5.11. The third kappa shape index (κ3) is 3.16. The number of pyridine rings is 1. The zero-order chi connectivity index (χ0) is 16.3. The summed E-state index contributed by atoms with van der Waals surface area (Å²) < 4.78 is 5.21. The van der Waals surface area contributed by atoms with Crippen molar-refractivity contribution in [1.29, 1.82) is 0 Å². The Hall–Kier alpha value is -2.63. The van der Waals surface area contributed by atoms with E-state index >= 15 is 0 Å². The third-order valence-corrected chi connectivity index (χ3v) is 3.57. The van der Waals surface area contributed by atoms with Gasteiger partial charge >= 0.3 is 5.97 Å². The van der Waals surface area contributed by atoms with Crippen molar-refractivity contribution in [2.45, 2.75) is 20.3 Å². The number of carboxylic acid groups (broad SMARTS) is 1. The minimum Gasteiger partial charge on any atom is -0.497 e. The molecule has 0 fully saturated rings. The lowest BCUT2D eigenvalue weighted by Gasteiger charge is -2.24. The summed E-state index contributed by atoms with van der Waals surface area (Å²) in [5.41, 5.74) is 2.14. The summed E-state index contributed by atoms with van der Waals surface area (Å²) in [6.07, 6.45) is 3.58. The number of hydrogen-bond donors (Lipinski definition) is 2. The van der Waals surface area contributed by atoms with Gasteiger partial charge in [-0.15, -0.1) is 0 Å². The molecule has 1 aromatic rings. The van der Waals surface area contributed by atoms with Crippen molar-refractivity contribution in [3.05, 3.63) is 52.7 Å². The Balaban J connectivity index is 2.30. The number of allylic oxidation sites excluding steroid dienone is 2. The van der Waals surface area contributed by atoms with E-state index in [0.717, 1.165) is 5.56 Å². The van der Waals surface area contributed by atoms with Crippen LogP contribution in [0.1, 0.15) is 29.4 Å². The first-order valence-corrected chi connectivity index (χ1v) is 6.86. The van der Waals surface area contributed by atoms with E-state index in [9.17, 15) is 14.7 Å². The number of carboxylic acids is 1. The van der Waals surface area contributed by atoms with Gasteiger partial charge in [0.1, 0.15) is 17.4 Å². The summed E-state index contributed by atoms with van der Waals surface area (Å²) >= 11 is 0. The van der Waals surface area contributed by atoms with E-state index in [4.69, 9.17) is 4.74 Å². The maximum atomic E-state index is 12.3. The van der Waals surface area contributed by atoms with Crippen LogP contribution in [0.4, 0.5) is 0 Å². The van der Waals surface area contributed by atoms with Gasteiger partial charge in [0.15, 0.2) is 0 Å². The molecule has 0 spiro atoms. The van der Waals surface area contributed by atoms with Gasteiger partial charge in [0.25, 0.3) is 5.91 Å². The zero-order valence-electron chi connectivity index (χ0n) is 12.7. The molecule has 0 bridgehead atoms. The lowest BCUT2D eigenvalue weighted by atomic mass is 9.91. The van der Waals surface area contributed by atoms with Crippen molar-refractivity contribution in [2.24, 2.45) is 5.92 Å². The number of aromatic nitrogens is 1. The zero-order valence-corrected chi connectivity index (χ0v) is 12.7. The van der Waals surface area contributed by atoms with Crippen LogP contribution in [0.15, 0.2) is 41.4 Å². The minimum atomic E-state index is -0.988. The summed E-state index contributed by atoms with van der Waals surface area (Å²) in [6.45, 7) is 3.60. The van der Waals surface area contributed by atoms with Crippen molar-refractivity contribution in [3.63, 3.8) is 0 Å². The van der Waals surface area contributed by atoms with Gasteiger partial charge in [0, 0.05) is 17.5 Å². The van der Waals surface area contributed by atoms with Crippen LogP contribution in [-0.4, -0.2) is 29.1 Å². The van der Waals surface area contributed by atoms with Crippen LogP contribution in [0, 0.1) is 12.8 Å². The molecule has 1 atom stereocenters. The van der Waals surface area contributed by atoms with Gasteiger partial charge in [-0.3, -0.25) is 14.6 Å². The monoisotopic (exact) mass is 302 g/mol. The molecule has 0 aliphatic heterocycles. The van der Waals surface area contributed by atoms with Gasteiger partial charge in [-0.25, -0.2) is 0 Å². The molecule has 6 nitrogen and oxygen atoms in total. The highest BCUT2D eigenvalue weighted by atomic mass is 16.5. The van der Waals surface area contributed by atoms with Crippen LogP contribution in [0.5, 0.6) is 0 Å². The number of rotatable bonds is 4. The SMILES string of the molecule is COC1=CCC(C(=O)O)C(NC(=O)c2ccc(C)cn2)=C1C. The second-order valence-electron chi connectivity index (χ2n) is 5.11. The number of aliphatic carboxylic acids is 1. The summed E-state index contributed by atoms with van der Waals surface area (Å²) in [5.74, 6) is -1.64. The number of nitrogens with zero attached hydrogens (tertiary/aromatic N) is 1. The Morgan fingerprint density at radius 1 is 1.36 bits per heavy atom. The number of aryl methyl sites for hydroxylation is 1. The van der Waals surface area contributed by atoms with Crippen LogP contribution < -0.4 is 5.32 Å². The molecule has 1 unspecified atom stereocenters. The fourth-order valence-corrected chi connectivity index (χ4v) is 2.32. The minimum absolute atomic E-state index is 0.239. The molecular formula is C16H18N2O4. The average molecular weight is 302 g/mol. The lowest BCUT2D eigenvalue weighted by molar-refractivity contribution is -0.140. The van der Waals surface area contributed by atoms with Gasteiger partial charge in [-0.2, -0.15) is 0 Å². The Labute approximate surface area is 128 Å². The highest BCUT2D eigenvalue weighted by Gasteiger charge is 2.30. The quantitative estimate of drug-likeness (QED) is 0.888. The van der Waals surface area contributed by atoms with Crippen LogP contribution in [-0.2, 0) is 9.53 Å². The maximum absolute atomic E-state index is 12.3. The standard InChI is InChI=1S/C16H18N2O4/c1-9-4-6-12(17-8-9)15(19)18-14-10(2)13(22-3)7-5-11(14)16(20)21/h4,6-8,11H,5H2,1-3H3,(H,18,19)(H,20,21). The normalized spacial score (nSPS) is 17.8. The van der Waals surface area contributed by atoms with Crippen molar-refractivity contribution < 1.29 is 19.4 Å². The van der Waals surface area contributed by atoms with E-state index in [1.165, 1.54) is 7.11 Å². The van der Waals surface area contributed by atoms with Crippen LogP contribution in [0.3, 0.4) is 0 Å². The molecular weight excluding hydrogens is 284 g/mol. The fourth-order valence-electron chi connectivity index (χ4n) is 2.32. The smallest absolute Gasteiger partial charge is 0.312 e. The number of hydrogen-bond acceptors (Lipinski definition) is 4. The summed E-state index contributed by atoms with van der Waals surface area (Å²) in [4.78, 5) is 27.7. The Kier molecular flexibility index (Phi) is 4.60. The Morgan fingerprint density at radius 3 is 2.64 bits per heavy atom. The number of amides is 1. The second kappa shape index (κ2) is 6.43. The topological polar surface area (TPSA) is 88.5 Å². The van der Waals surface area contributed by atoms with Crippen LogP contribution in [0.2, 0.25) is 0 Å². The van der Waals surface area contributed by atoms with E-state index < -0.39 is 17.8 Å². The van der Waals surface area contributed by atoms with Crippen molar-refractivity contribution in [1.82, 2.24) is 10.3 Å². The molecule has 1 aliphatic carbocycles. The van der Waals surface area contributed by atoms with Gasteiger partial charge < -0.3 is 15.2 Å². The fraction of sp³-hybridized carbons (Fsp3) is 0.312. The number of carbonyl (C=O) groups is 2. The van der Waals surface area contributed by atoms with Gasteiger partial charge in [0.2, 0.25) is 0 Å². The van der Waals surface area contributed by atoms with Gasteiger partial charge in [0.05, 0.1) is 7.11 Å². The Bertz CT molecular complexity index is 659. The van der Waals surface area contributed by atoms with E-state index in [1.807, 2.05) is 6.92 Å². The predicted octanol–water partition coefficient (Wildman–Crippen LogP) is 2.03. The molecule has 6 heteroatoms. The molecule has 1 aliphatic rings. The highest BCUT2D eigenvalue weighted by Crippen LogP contribution is 2.29. The molecule has 0 radical (unpaired) electrons. The van der Waals surface area contributed by atoms with Gasteiger partial charge in [-0.1, -0.05) is 6.07 Å². The first-order valence-electron chi connectivity index (χ1n) is 6.86. The molecule has 1 aromatic heterocycles. The van der Waals surface area contributed by atoms with Crippen molar-refractivity contribution >= 4 is 11.9 Å². The van der Waals surface area contributed by atoms with Crippen molar-refractivity contribution in [3.8, 4) is 0 Å². The van der Waals surface area contributed by atoms with E-state index in [0.29, 0.717) is 17.0 Å². The number of carbonyl (C=O) groups excluding carboxylic acids is 1. The number of methoxy groups -OCH3 is 1. The van der Waals surface area contributed by atoms with Crippen LogP contribution in [0.25, 0.3) is 0 Å². The molecule has 2 N–H and O–H groups in total. The number of nitrogens with one attached hydrogen (secondary N) is 1. The first-order chi connectivity index (χ1) is 10.4. The molecule has 1 heterocycles. The number of ether oxygens (including phenoxy) is 1. The first kappa shape index (κ1) is 15.8. The third-order valence-electron chi connectivity index (χ3n) is 3.57. The maximum Gasteiger partial charge on any atom is 0.312 e. The van der Waals surface area contributed by atoms with E-state index in [2.05, 4.69) is 10.3 Å².